The molecule has 1 aromatic heterocycles. The number of hydrogen-bond acceptors (Lipinski definition) is 4. The first-order valence-electron chi connectivity index (χ1n) is 5.91. The number of anilines is 1. The maximum absolute atomic E-state index is 8.68. The summed E-state index contributed by atoms with van der Waals surface area (Å²) in [5.74, 6) is 0.892. The lowest BCUT2D eigenvalue weighted by Crippen LogP contribution is -2.28. The van der Waals surface area contributed by atoms with Crippen LogP contribution in [0.4, 0.5) is 5.69 Å². The molecular formula is C13H17N5. The molecule has 1 atom stereocenters. The number of nitrogens with zero attached hydrogens (tertiary/aromatic N) is 3. The number of H-pyrrole nitrogens is 1. The van der Waals surface area contributed by atoms with Crippen LogP contribution >= 0.6 is 0 Å². The van der Waals surface area contributed by atoms with Gasteiger partial charge in [-0.2, -0.15) is 5.26 Å². The average Bonchev–Trinajstić information content (AvgIpc) is 2.70. The lowest BCUT2D eigenvalue weighted by Gasteiger charge is -2.20. The molecule has 1 unspecified atom stereocenters. The van der Waals surface area contributed by atoms with Crippen molar-refractivity contribution in [3.63, 3.8) is 0 Å². The van der Waals surface area contributed by atoms with Gasteiger partial charge in [0, 0.05) is 11.7 Å². The highest BCUT2D eigenvalue weighted by Crippen LogP contribution is 2.16. The second-order valence-corrected chi connectivity index (χ2v) is 4.59. The van der Waals surface area contributed by atoms with Gasteiger partial charge < -0.3 is 10.7 Å². The van der Waals surface area contributed by atoms with Crippen molar-refractivity contribution in [1.82, 2.24) is 14.9 Å². The van der Waals surface area contributed by atoms with Crippen LogP contribution in [0.15, 0.2) is 18.2 Å². The molecule has 0 amide bonds. The molecule has 0 aliphatic rings. The van der Waals surface area contributed by atoms with Crippen LogP contribution in [0.2, 0.25) is 0 Å². The number of imidazole rings is 1. The third-order valence-corrected chi connectivity index (χ3v) is 3.09. The zero-order chi connectivity index (χ0) is 13.1. The molecule has 0 fully saturated rings. The second-order valence-electron chi connectivity index (χ2n) is 4.59. The summed E-state index contributed by atoms with van der Waals surface area (Å²) in [5.41, 5.74) is 8.32. The van der Waals surface area contributed by atoms with Crippen molar-refractivity contribution in [3.05, 3.63) is 24.0 Å². The minimum atomic E-state index is 0.216. The Balaban J connectivity index is 2.15. The molecule has 94 valence electrons. The molecule has 18 heavy (non-hydrogen) atoms. The third kappa shape index (κ3) is 2.60. The molecule has 0 saturated heterocycles. The molecule has 0 aliphatic carbocycles. The molecule has 0 radical (unpaired) electrons. The van der Waals surface area contributed by atoms with Crippen LogP contribution in [-0.2, 0) is 6.54 Å². The summed E-state index contributed by atoms with van der Waals surface area (Å²) < 4.78 is 0. The summed E-state index contributed by atoms with van der Waals surface area (Å²) in [5, 5.41) is 8.68. The smallest absolute Gasteiger partial charge is 0.121 e. The Morgan fingerprint density at radius 2 is 2.33 bits per heavy atom. The van der Waals surface area contributed by atoms with Crippen molar-refractivity contribution in [2.24, 2.45) is 0 Å². The SMILES string of the molecule is CC(CC#N)N(C)Cc1nc2ccc(N)cc2[nH]1. The van der Waals surface area contributed by atoms with Gasteiger partial charge in [0.15, 0.2) is 0 Å². The van der Waals surface area contributed by atoms with Crippen LogP contribution in [0.1, 0.15) is 19.2 Å². The van der Waals surface area contributed by atoms with Gasteiger partial charge in [0.25, 0.3) is 0 Å². The Kier molecular flexibility index (Phi) is 3.49. The zero-order valence-electron chi connectivity index (χ0n) is 10.6. The van der Waals surface area contributed by atoms with E-state index in [0.29, 0.717) is 13.0 Å². The van der Waals surface area contributed by atoms with E-state index in [9.17, 15) is 0 Å². The summed E-state index contributed by atoms with van der Waals surface area (Å²) in [6.07, 6.45) is 0.518. The van der Waals surface area contributed by atoms with Gasteiger partial charge in [0.1, 0.15) is 5.82 Å². The fraction of sp³-hybridized carbons (Fsp3) is 0.385. The summed E-state index contributed by atoms with van der Waals surface area (Å²) in [6.45, 7) is 2.72. The maximum atomic E-state index is 8.68. The summed E-state index contributed by atoms with van der Waals surface area (Å²) >= 11 is 0. The highest BCUT2D eigenvalue weighted by molar-refractivity contribution is 5.78. The van der Waals surface area contributed by atoms with Crippen molar-refractivity contribution in [2.45, 2.75) is 25.9 Å². The number of aromatic amines is 1. The van der Waals surface area contributed by atoms with Crippen LogP contribution in [0.5, 0.6) is 0 Å². The van der Waals surface area contributed by atoms with Gasteiger partial charge in [0.05, 0.1) is 30.1 Å². The van der Waals surface area contributed by atoms with Crippen molar-refractivity contribution in [3.8, 4) is 6.07 Å². The zero-order valence-corrected chi connectivity index (χ0v) is 10.6. The van der Waals surface area contributed by atoms with E-state index in [1.807, 2.05) is 32.2 Å². The largest absolute Gasteiger partial charge is 0.399 e. The lowest BCUT2D eigenvalue weighted by molar-refractivity contribution is 0.247. The Bertz CT molecular complexity index is 581. The lowest BCUT2D eigenvalue weighted by atomic mass is 10.2. The third-order valence-electron chi connectivity index (χ3n) is 3.09. The van der Waals surface area contributed by atoms with E-state index < -0.39 is 0 Å². The maximum Gasteiger partial charge on any atom is 0.121 e. The predicted octanol–water partition coefficient (Wildman–Crippen LogP) is 1.88. The molecule has 3 N–H and O–H groups in total. The number of nitrogens with one attached hydrogen (secondary N) is 1. The molecule has 2 rings (SSSR count). The first kappa shape index (κ1) is 12.4. The van der Waals surface area contributed by atoms with E-state index in [2.05, 4.69) is 20.9 Å². The Labute approximate surface area is 106 Å². The van der Waals surface area contributed by atoms with Crippen molar-refractivity contribution in [1.29, 1.82) is 5.26 Å². The Hall–Kier alpha value is -2.06. The molecule has 1 aromatic carbocycles. The van der Waals surface area contributed by atoms with E-state index in [1.54, 1.807) is 0 Å². The van der Waals surface area contributed by atoms with E-state index in [1.165, 1.54) is 0 Å². The van der Waals surface area contributed by atoms with Crippen molar-refractivity contribution >= 4 is 16.7 Å². The molecule has 0 spiro atoms. The van der Waals surface area contributed by atoms with Gasteiger partial charge in [-0.3, -0.25) is 4.90 Å². The van der Waals surface area contributed by atoms with Gasteiger partial charge >= 0.3 is 0 Å². The molecule has 0 saturated carbocycles. The predicted molar refractivity (Wildman–Crippen MR) is 71.7 cm³/mol. The Morgan fingerprint density at radius 3 is 3.06 bits per heavy atom. The number of fused-ring (bicyclic) bond motifs is 1. The van der Waals surface area contributed by atoms with Gasteiger partial charge in [-0.1, -0.05) is 0 Å². The quantitative estimate of drug-likeness (QED) is 0.803. The average molecular weight is 243 g/mol. The van der Waals surface area contributed by atoms with E-state index in [-0.39, 0.29) is 6.04 Å². The molecule has 1 heterocycles. The summed E-state index contributed by atoms with van der Waals surface area (Å²) in [6, 6.07) is 8.02. The standard InChI is InChI=1S/C13H17N5/c1-9(5-6-14)18(2)8-13-16-11-4-3-10(15)7-12(11)17-13/h3-4,7,9H,5,8,15H2,1-2H3,(H,16,17). The Morgan fingerprint density at radius 1 is 1.56 bits per heavy atom. The van der Waals surface area contributed by atoms with E-state index in [0.717, 1.165) is 22.5 Å². The van der Waals surface area contributed by atoms with Gasteiger partial charge in [-0.15, -0.1) is 0 Å². The molecular weight excluding hydrogens is 226 g/mol. The topological polar surface area (TPSA) is 81.7 Å². The van der Waals surface area contributed by atoms with Gasteiger partial charge in [-0.25, -0.2) is 4.98 Å². The number of nitrogens with two attached hydrogens (primary N) is 1. The summed E-state index contributed by atoms with van der Waals surface area (Å²) in [4.78, 5) is 9.85. The molecule has 0 bridgehead atoms. The molecule has 5 nitrogen and oxygen atoms in total. The molecule has 0 aliphatic heterocycles. The number of nitrogen functional groups attached to an aromatic ring is 1. The highest BCUT2D eigenvalue weighted by Gasteiger charge is 2.11. The fourth-order valence-electron chi connectivity index (χ4n) is 1.83. The van der Waals surface area contributed by atoms with Crippen LogP contribution in [0.25, 0.3) is 11.0 Å². The number of rotatable bonds is 4. The first-order valence-corrected chi connectivity index (χ1v) is 5.91. The molecule has 5 heteroatoms. The molecule has 2 aromatic rings. The van der Waals surface area contributed by atoms with Gasteiger partial charge in [0.2, 0.25) is 0 Å². The minimum absolute atomic E-state index is 0.216. The van der Waals surface area contributed by atoms with Crippen LogP contribution in [0, 0.1) is 11.3 Å². The van der Waals surface area contributed by atoms with Crippen LogP contribution in [-0.4, -0.2) is 28.0 Å². The minimum Gasteiger partial charge on any atom is -0.399 e. The van der Waals surface area contributed by atoms with Crippen molar-refractivity contribution in [2.75, 3.05) is 12.8 Å². The van der Waals surface area contributed by atoms with Crippen LogP contribution < -0.4 is 5.73 Å². The highest BCUT2D eigenvalue weighted by atomic mass is 15.1. The van der Waals surface area contributed by atoms with Crippen LogP contribution in [0.3, 0.4) is 0 Å². The number of benzene rings is 1. The van der Waals surface area contributed by atoms with Gasteiger partial charge in [-0.05, 0) is 32.2 Å². The van der Waals surface area contributed by atoms with Crippen molar-refractivity contribution < 1.29 is 0 Å². The number of aromatic nitrogens is 2. The van der Waals surface area contributed by atoms with E-state index in [4.69, 9.17) is 11.0 Å². The second kappa shape index (κ2) is 5.07. The first-order chi connectivity index (χ1) is 8.60. The summed E-state index contributed by atoms with van der Waals surface area (Å²) in [7, 11) is 1.99. The monoisotopic (exact) mass is 243 g/mol. The number of hydrogen-bond donors (Lipinski definition) is 2. The number of nitriles is 1. The van der Waals surface area contributed by atoms with E-state index >= 15 is 0 Å². The normalized spacial score (nSPS) is 12.8. The fourth-order valence-corrected chi connectivity index (χ4v) is 1.83.